The van der Waals surface area contributed by atoms with Gasteiger partial charge in [-0.3, -0.25) is 0 Å². The Labute approximate surface area is 198 Å². The number of alkyl halides is 3. The third kappa shape index (κ3) is 6.88. The van der Waals surface area contributed by atoms with Gasteiger partial charge in [0.1, 0.15) is 22.9 Å². The van der Waals surface area contributed by atoms with E-state index >= 15 is 0 Å². The Morgan fingerprint density at radius 2 is 1.97 bits per heavy atom. The van der Waals surface area contributed by atoms with Crippen molar-refractivity contribution in [1.29, 1.82) is 0 Å². The molecule has 0 aliphatic heterocycles. The first-order valence-electron chi connectivity index (χ1n) is 10.5. The van der Waals surface area contributed by atoms with E-state index in [1.165, 1.54) is 36.4 Å². The predicted octanol–water partition coefficient (Wildman–Crippen LogP) is 5.62. The number of nitrogens with two attached hydrogens (primary N) is 1. The van der Waals surface area contributed by atoms with E-state index in [4.69, 9.17) is 10.5 Å². The molecule has 0 atom stereocenters. The standard InChI is InChI=1S/C23H22F4N6O2/c1-2-3-8-15-18(10-6-11-19(15)35-21(28)34)31-20-16(23(25,26)27)13-29-22(32-20)33-30-12-14-7-4-5-9-17(14)24/h4-7,9-13H,2-3,8H2,1H3,(H2,28,34)(H2,29,31,32,33)/b30-12+. The number of hydrazone groups is 1. The quantitative estimate of drug-likeness (QED) is 0.204. The lowest BCUT2D eigenvalue weighted by molar-refractivity contribution is -0.137. The number of hydrogen-bond acceptors (Lipinski definition) is 7. The molecule has 0 fully saturated rings. The minimum atomic E-state index is -4.76. The van der Waals surface area contributed by atoms with Crippen LogP contribution in [-0.2, 0) is 12.6 Å². The lowest BCUT2D eigenvalue weighted by Gasteiger charge is -2.18. The Morgan fingerprint density at radius 3 is 2.66 bits per heavy atom. The fourth-order valence-electron chi connectivity index (χ4n) is 3.10. The van der Waals surface area contributed by atoms with Crippen molar-refractivity contribution in [3.8, 4) is 5.75 Å². The normalized spacial score (nSPS) is 11.5. The van der Waals surface area contributed by atoms with Crippen LogP contribution in [0.4, 0.5) is 39.8 Å². The molecule has 2 aromatic carbocycles. The average molecular weight is 490 g/mol. The van der Waals surface area contributed by atoms with Gasteiger partial charge in [-0.05, 0) is 31.0 Å². The maximum Gasteiger partial charge on any atom is 0.421 e. The van der Waals surface area contributed by atoms with E-state index in [-0.39, 0.29) is 22.9 Å². The lowest BCUT2D eigenvalue weighted by Crippen LogP contribution is -2.18. The Bertz CT molecular complexity index is 1220. The Balaban J connectivity index is 1.95. The Morgan fingerprint density at radius 1 is 1.20 bits per heavy atom. The highest BCUT2D eigenvalue weighted by Crippen LogP contribution is 2.37. The number of carbonyl (C=O) groups excluding carboxylic acids is 1. The smallest absolute Gasteiger partial charge is 0.410 e. The molecule has 0 unspecified atom stereocenters. The predicted molar refractivity (Wildman–Crippen MR) is 123 cm³/mol. The van der Waals surface area contributed by atoms with Crippen LogP contribution >= 0.6 is 0 Å². The van der Waals surface area contributed by atoms with Gasteiger partial charge in [-0.15, -0.1) is 0 Å². The average Bonchev–Trinajstić information content (AvgIpc) is 2.79. The molecule has 1 heterocycles. The largest absolute Gasteiger partial charge is 0.421 e. The zero-order chi connectivity index (χ0) is 25.4. The summed E-state index contributed by atoms with van der Waals surface area (Å²) in [7, 11) is 0. The van der Waals surface area contributed by atoms with Crippen molar-refractivity contribution in [2.45, 2.75) is 32.4 Å². The first-order chi connectivity index (χ1) is 16.7. The summed E-state index contributed by atoms with van der Waals surface area (Å²) in [5, 5.41) is 6.47. The van der Waals surface area contributed by atoms with Gasteiger partial charge in [-0.2, -0.15) is 23.3 Å². The molecule has 0 aliphatic rings. The van der Waals surface area contributed by atoms with E-state index in [1.807, 2.05) is 6.92 Å². The highest BCUT2D eigenvalue weighted by atomic mass is 19.4. The molecule has 4 N–H and O–H groups in total. The van der Waals surface area contributed by atoms with Gasteiger partial charge >= 0.3 is 12.3 Å². The molecular weight excluding hydrogens is 468 g/mol. The molecule has 8 nitrogen and oxygen atoms in total. The summed E-state index contributed by atoms with van der Waals surface area (Å²) in [6.07, 6.45) is -2.17. The zero-order valence-corrected chi connectivity index (χ0v) is 18.6. The van der Waals surface area contributed by atoms with Crippen LogP contribution in [0.5, 0.6) is 5.75 Å². The van der Waals surface area contributed by atoms with Crippen molar-refractivity contribution in [1.82, 2.24) is 9.97 Å². The number of unbranched alkanes of at least 4 members (excludes halogenated alkanes) is 1. The van der Waals surface area contributed by atoms with E-state index in [1.54, 1.807) is 6.07 Å². The van der Waals surface area contributed by atoms with Gasteiger partial charge in [0.15, 0.2) is 0 Å². The third-order valence-electron chi connectivity index (χ3n) is 4.74. The molecular formula is C23H22F4N6O2. The minimum absolute atomic E-state index is 0.131. The molecule has 0 radical (unpaired) electrons. The number of amides is 1. The van der Waals surface area contributed by atoms with Crippen LogP contribution in [0.25, 0.3) is 0 Å². The molecule has 0 saturated carbocycles. The SMILES string of the molecule is CCCCc1c(Nc2nc(N/N=C/c3ccccc3F)ncc2C(F)(F)F)cccc1OC(N)=O. The van der Waals surface area contributed by atoms with E-state index in [0.29, 0.717) is 24.6 Å². The van der Waals surface area contributed by atoms with Crippen LogP contribution in [-0.4, -0.2) is 22.3 Å². The topological polar surface area (TPSA) is 115 Å². The summed E-state index contributed by atoms with van der Waals surface area (Å²) in [5.41, 5.74) is 7.29. The molecule has 1 amide bonds. The van der Waals surface area contributed by atoms with Crippen molar-refractivity contribution in [2.24, 2.45) is 10.8 Å². The first kappa shape index (κ1) is 25.4. The fourth-order valence-corrected chi connectivity index (χ4v) is 3.10. The van der Waals surface area contributed by atoms with Crippen molar-refractivity contribution in [2.75, 3.05) is 10.7 Å². The Kier molecular flexibility index (Phi) is 8.18. The number of nitrogens with one attached hydrogen (secondary N) is 2. The van der Waals surface area contributed by atoms with Crippen LogP contribution in [0.15, 0.2) is 53.8 Å². The molecule has 0 spiro atoms. The Hall–Kier alpha value is -4.22. The molecule has 1 aromatic heterocycles. The third-order valence-corrected chi connectivity index (χ3v) is 4.74. The van der Waals surface area contributed by atoms with Gasteiger partial charge in [-0.1, -0.05) is 37.6 Å². The lowest BCUT2D eigenvalue weighted by atomic mass is 10.0. The number of hydrogen-bond donors (Lipinski definition) is 3. The molecule has 3 rings (SSSR count). The maximum atomic E-state index is 13.7. The van der Waals surface area contributed by atoms with Crippen LogP contribution < -0.4 is 21.2 Å². The van der Waals surface area contributed by atoms with Crippen LogP contribution in [0, 0.1) is 5.82 Å². The van der Waals surface area contributed by atoms with E-state index in [2.05, 4.69) is 25.8 Å². The molecule has 0 saturated heterocycles. The van der Waals surface area contributed by atoms with Gasteiger partial charge in [0.25, 0.3) is 0 Å². The summed E-state index contributed by atoms with van der Waals surface area (Å²) in [6, 6.07) is 10.4. The van der Waals surface area contributed by atoms with Gasteiger partial charge in [0.2, 0.25) is 5.95 Å². The van der Waals surface area contributed by atoms with Gasteiger partial charge in [0.05, 0.1) is 6.21 Å². The molecule has 3 aromatic rings. The molecule has 35 heavy (non-hydrogen) atoms. The van der Waals surface area contributed by atoms with E-state index in [9.17, 15) is 22.4 Å². The van der Waals surface area contributed by atoms with Gasteiger partial charge < -0.3 is 15.8 Å². The molecule has 0 bridgehead atoms. The fraction of sp³-hybridized carbons (Fsp3) is 0.217. The number of halogens is 4. The molecule has 12 heteroatoms. The number of carbonyl (C=O) groups is 1. The summed E-state index contributed by atoms with van der Waals surface area (Å²) in [5.74, 6) is -1.20. The zero-order valence-electron chi connectivity index (χ0n) is 18.6. The monoisotopic (exact) mass is 490 g/mol. The summed E-state index contributed by atoms with van der Waals surface area (Å²) >= 11 is 0. The first-order valence-corrected chi connectivity index (χ1v) is 10.5. The van der Waals surface area contributed by atoms with Crippen molar-refractivity contribution in [3.05, 3.63) is 71.2 Å². The second kappa shape index (κ2) is 11.3. The van der Waals surface area contributed by atoms with E-state index < -0.39 is 29.5 Å². The minimum Gasteiger partial charge on any atom is -0.410 e. The number of nitrogens with zero attached hydrogens (tertiary/aromatic N) is 3. The van der Waals surface area contributed by atoms with Gasteiger partial charge in [0, 0.05) is 23.0 Å². The number of ether oxygens (including phenoxy) is 1. The van der Waals surface area contributed by atoms with Crippen LogP contribution in [0.3, 0.4) is 0 Å². The number of anilines is 3. The van der Waals surface area contributed by atoms with E-state index in [0.717, 1.165) is 12.6 Å². The molecule has 0 aliphatic carbocycles. The number of aromatic nitrogens is 2. The maximum absolute atomic E-state index is 13.7. The summed E-state index contributed by atoms with van der Waals surface area (Å²) in [6.45, 7) is 1.94. The summed E-state index contributed by atoms with van der Waals surface area (Å²) in [4.78, 5) is 18.8. The van der Waals surface area contributed by atoms with Crippen molar-refractivity contribution >= 4 is 29.8 Å². The second-order valence-corrected chi connectivity index (χ2v) is 7.28. The second-order valence-electron chi connectivity index (χ2n) is 7.28. The number of benzene rings is 2. The van der Waals surface area contributed by atoms with Crippen LogP contribution in [0.2, 0.25) is 0 Å². The molecule has 184 valence electrons. The summed E-state index contributed by atoms with van der Waals surface area (Å²) < 4.78 is 59.7. The van der Waals surface area contributed by atoms with Gasteiger partial charge in [-0.25, -0.2) is 19.6 Å². The van der Waals surface area contributed by atoms with Crippen molar-refractivity contribution in [3.63, 3.8) is 0 Å². The number of rotatable bonds is 9. The highest BCUT2D eigenvalue weighted by Gasteiger charge is 2.35. The van der Waals surface area contributed by atoms with Crippen LogP contribution in [0.1, 0.15) is 36.5 Å². The highest BCUT2D eigenvalue weighted by molar-refractivity contribution is 5.80. The van der Waals surface area contributed by atoms with Crippen molar-refractivity contribution < 1.29 is 27.1 Å². The number of primary amides is 1.